The number of aliphatic hydroxyl groups is 3. The predicted octanol–water partition coefficient (Wildman–Crippen LogP) is 8.87. The van der Waals surface area contributed by atoms with Gasteiger partial charge in [-0.1, -0.05) is 88.3 Å². The molecule has 2 aliphatic carbocycles. The first-order valence-electron chi connectivity index (χ1n) is 22.9. The molecule has 6 rings (SSSR count). The summed E-state index contributed by atoms with van der Waals surface area (Å²) in [5.74, 6) is -3.07. The van der Waals surface area contributed by atoms with Gasteiger partial charge >= 0.3 is 5.97 Å². The smallest absolute Gasteiger partial charge is 0.316 e. The van der Waals surface area contributed by atoms with E-state index in [0.29, 0.717) is 23.6 Å². The maximum atomic E-state index is 13.5. The van der Waals surface area contributed by atoms with Gasteiger partial charge < -0.3 is 44.3 Å². The normalized spacial score (nSPS) is 26.0. The van der Waals surface area contributed by atoms with E-state index in [-0.39, 0.29) is 77.1 Å². The lowest BCUT2D eigenvalue weighted by Gasteiger charge is -2.42. The van der Waals surface area contributed by atoms with Crippen molar-refractivity contribution in [1.29, 1.82) is 0 Å². The molecular weight excluding hydrogens is 779 g/mol. The van der Waals surface area contributed by atoms with Gasteiger partial charge in [0, 0.05) is 35.8 Å². The topological polar surface area (TPSA) is 172 Å². The Labute approximate surface area is 368 Å². The van der Waals surface area contributed by atoms with Crippen molar-refractivity contribution < 1.29 is 53.8 Å². The third-order valence-electron chi connectivity index (χ3n) is 11.0. The molecule has 2 aliphatic heterocycles. The van der Waals surface area contributed by atoms with E-state index in [2.05, 4.69) is 25.9 Å². The number of benzene rings is 2. The summed E-state index contributed by atoms with van der Waals surface area (Å²) in [5, 5.41) is 42.3. The molecule has 0 bridgehead atoms. The minimum atomic E-state index is -1.53. The number of likely N-dealkylation sites (N-methyl/N-ethyl adjacent to an activating group) is 1. The monoisotopic (exact) mass is 862 g/mol. The summed E-state index contributed by atoms with van der Waals surface area (Å²) in [5.41, 5.74) is -1.72. The number of hydrogen-bond acceptors (Lipinski definition) is 12. The molecule has 2 aromatic rings. The van der Waals surface area contributed by atoms with Crippen molar-refractivity contribution in [3.8, 4) is 5.75 Å². The zero-order valence-electron chi connectivity index (χ0n) is 40.9. The first-order valence-corrected chi connectivity index (χ1v) is 22.9. The fourth-order valence-electron chi connectivity index (χ4n) is 8.14. The molecule has 0 spiro atoms. The van der Waals surface area contributed by atoms with Crippen molar-refractivity contribution in [3.05, 3.63) is 63.2 Å². The zero-order valence-corrected chi connectivity index (χ0v) is 40.9. The molecule has 2 saturated heterocycles. The second kappa shape index (κ2) is 27.1. The van der Waals surface area contributed by atoms with Gasteiger partial charge in [0.15, 0.2) is 17.9 Å². The van der Waals surface area contributed by atoms with Crippen LogP contribution in [0, 0.1) is 0 Å². The number of esters is 1. The van der Waals surface area contributed by atoms with Crippen LogP contribution in [-0.4, -0.2) is 113 Å². The number of rotatable bonds is 6. The van der Waals surface area contributed by atoms with Crippen molar-refractivity contribution in [2.45, 2.75) is 196 Å². The van der Waals surface area contributed by atoms with Crippen LogP contribution in [0.15, 0.2) is 24.3 Å². The molecule has 8 atom stereocenters. The van der Waals surface area contributed by atoms with Gasteiger partial charge in [-0.25, -0.2) is 0 Å². The van der Waals surface area contributed by atoms with Crippen LogP contribution in [-0.2, 0) is 35.8 Å². The molecule has 0 saturated carbocycles. The van der Waals surface area contributed by atoms with Crippen molar-refractivity contribution in [2.24, 2.45) is 0 Å². The summed E-state index contributed by atoms with van der Waals surface area (Å²) in [7, 11) is 5.38. The number of phenolic OH excluding ortho intramolecular Hbond substituents is 1. The van der Waals surface area contributed by atoms with Crippen molar-refractivity contribution >= 4 is 17.5 Å². The van der Waals surface area contributed by atoms with Crippen molar-refractivity contribution in [3.63, 3.8) is 0 Å². The van der Waals surface area contributed by atoms with E-state index in [0.717, 1.165) is 25.9 Å². The van der Waals surface area contributed by atoms with Gasteiger partial charge in [-0.2, -0.15) is 0 Å². The molecular formula is C49H83NO11. The Morgan fingerprint density at radius 1 is 0.902 bits per heavy atom. The molecule has 2 aromatic carbocycles. The van der Waals surface area contributed by atoms with Crippen LogP contribution in [0.3, 0.4) is 0 Å². The molecule has 4 N–H and O–H groups in total. The number of ketones is 2. The van der Waals surface area contributed by atoms with Crippen LogP contribution in [0.25, 0.3) is 0 Å². The molecule has 0 amide bonds. The highest BCUT2D eigenvalue weighted by atomic mass is 16.7. The Hall–Kier alpha value is -3.23. The maximum Gasteiger partial charge on any atom is 0.316 e. The Morgan fingerprint density at radius 2 is 1.49 bits per heavy atom. The molecule has 2 heterocycles. The number of aromatic hydroxyl groups is 1. The number of phenols is 1. The number of ether oxygens (including phenoxy) is 4. The summed E-state index contributed by atoms with van der Waals surface area (Å²) in [4.78, 5) is 41.9. The predicted molar refractivity (Wildman–Crippen MR) is 244 cm³/mol. The zero-order chi connectivity index (χ0) is 47.6. The SMILES string of the molecule is CC.CC.CC.CC.CC.CC1OCCC(N(C)C)C1OC1CC[C@H](O)[C@H](C)O1.CC[C@@]1(O)CCc2c(cc3c(c2C(C)(C)O)C(=O)c2c(O)cccc2C3=O)C1C(=O)OC. The lowest BCUT2D eigenvalue weighted by molar-refractivity contribution is -0.264. The quantitative estimate of drug-likeness (QED) is 0.174. The van der Waals surface area contributed by atoms with E-state index in [1.807, 2.05) is 76.2 Å². The maximum absolute atomic E-state index is 13.5. The molecule has 12 nitrogen and oxygen atoms in total. The van der Waals surface area contributed by atoms with Crippen LogP contribution in [0.2, 0.25) is 0 Å². The lowest BCUT2D eigenvalue weighted by Crippen LogP contribution is -2.53. The first kappa shape index (κ1) is 57.8. The average Bonchev–Trinajstić information content (AvgIpc) is 3.27. The van der Waals surface area contributed by atoms with Gasteiger partial charge in [0.1, 0.15) is 17.8 Å². The van der Waals surface area contributed by atoms with Crippen molar-refractivity contribution in [2.75, 3.05) is 27.8 Å². The van der Waals surface area contributed by atoms with Crippen LogP contribution in [0.4, 0.5) is 0 Å². The second-order valence-corrected chi connectivity index (χ2v) is 15.0. The third-order valence-corrected chi connectivity index (χ3v) is 11.0. The Kier molecular flexibility index (Phi) is 25.6. The fraction of sp³-hybridized carbons (Fsp3) is 0.694. The summed E-state index contributed by atoms with van der Waals surface area (Å²) in [6.45, 7) is 29.5. The molecule has 0 aromatic heterocycles. The molecule has 2 fully saturated rings. The summed E-state index contributed by atoms with van der Waals surface area (Å²) in [6, 6.07) is 6.11. The fourth-order valence-corrected chi connectivity index (χ4v) is 8.14. The van der Waals surface area contributed by atoms with Crippen LogP contribution in [0.5, 0.6) is 5.75 Å². The summed E-state index contributed by atoms with van der Waals surface area (Å²) in [6.07, 6.45) is 2.61. The second-order valence-electron chi connectivity index (χ2n) is 15.0. The summed E-state index contributed by atoms with van der Waals surface area (Å²) >= 11 is 0. The highest BCUT2D eigenvalue weighted by Crippen LogP contribution is 2.48. The Bertz CT molecular complexity index is 1650. The van der Waals surface area contributed by atoms with Crippen LogP contribution in [0.1, 0.15) is 190 Å². The minimum absolute atomic E-state index is 0.0243. The number of carbonyl (C=O) groups is 3. The average molecular weight is 862 g/mol. The number of fused-ring (bicyclic) bond motifs is 3. The molecule has 61 heavy (non-hydrogen) atoms. The van der Waals surface area contributed by atoms with E-state index in [1.165, 1.54) is 45.2 Å². The Balaban J connectivity index is 0.00000106. The van der Waals surface area contributed by atoms with E-state index >= 15 is 0 Å². The molecule has 12 heteroatoms. The highest BCUT2D eigenvalue weighted by molar-refractivity contribution is 6.30. The standard InChI is InChI=1S/C25H26O7.C14H27NO4.5C2H6/c1-5-25(31)10-9-12-14(20(25)23(29)32-4)11-15-18(19(12)24(2,3)30)22(28)17-13(21(15)27)7-6-8-16(17)26;1-9-12(16)5-6-13(18-9)19-14-10(2)17-8-7-11(14)15(3)4;5*1-2/h6-8,11,20,26,30-31H,5,9-10H2,1-4H3;9-14,16H,5-8H2,1-4H3;5*1-2H3/t20?,25-;9-,10?,11?,12-,13?,14?;;;;;/m10...../s1. The third kappa shape index (κ3) is 13.4. The largest absolute Gasteiger partial charge is 0.507 e. The van der Waals surface area contributed by atoms with Gasteiger partial charge in [-0.3, -0.25) is 14.4 Å². The highest BCUT2D eigenvalue weighted by Gasteiger charge is 2.49. The number of methoxy groups -OCH3 is 1. The summed E-state index contributed by atoms with van der Waals surface area (Å²) < 4.78 is 22.6. The van der Waals surface area contributed by atoms with E-state index in [4.69, 9.17) is 18.9 Å². The van der Waals surface area contributed by atoms with Crippen molar-refractivity contribution in [1.82, 2.24) is 4.90 Å². The van der Waals surface area contributed by atoms with Gasteiger partial charge in [-0.15, -0.1) is 0 Å². The van der Waals surface area contributed by atoms with E-state index < -0.39 is 34.7 Å². The molecule has 4 aliphatic rings. The van der Waals surface area contributed by atoms with Crippen LogP contribution < -0.4 is 0 Å². The molecule has 5 unspecified atom stereocenters. The van der Waals surface area contributed by atoms with Gasteiger partial charge in [0.2, 0.25) is 0 Å². The van der Waals surface area contributed by atoms with Gasteiger partial charge in [0.05, 0.1) is 42.2 Å². The van der Waals surface area contributed by atoms with Gasteiger partial charge in [-0.05, 0) is 103 Å². The minimum Gasteiger partial charge on any atom is -0.507 e. The van der Waals surface area contributed by atoms with Crippen LogP contribution >= 0.6 is 0 Å². The van der Waals surface area contributed by atoms with E-state index in [9.17, 15) is 34.8 Å². The van der Waals surface area contributed by atoms with Gasteiger partial charge in [0.25, 0.3) is 0 Å². The lowest BCUT2D eigenvalue weighted by atomic mass is 9.65. The Morgan fingerprint density at radius 3 is 2.00 bits per heavy atom. The number of carbonyl (C=O) groups excluding carboxylic acids is 3. The molecule has 350 valence electrons. The number of aliphatic hydroxyl groups excluding tert-OH is 1. The first-order chi connectivity index (χ1) is 28.9. The molecule has 0 radical (unpaired) electrons. The number of hydrogen-bond donors (Lipinski definition) is 4. The number of nitrogens with zero attached hydrogens (tertiary/aromatic N) is 1. The van der Waals surface area contributed by atoms with E-state index in [1.54, 1.807) is 6.92 Å².